The molecule has 0 spiro atoms. The smallest absolute Gasteiger partial charge is 0 e. The number of hydrogen-bond donors (Lipinski definition) is 0. The Balaban J connectivity index is 0. The van der Waals surface area contributed by atoms with Crippen molar-refractivity contribution in [2.75, 3.05) is 0 Å². The monoisotopic (exact) mass is 420 g/mol. The van der Waals surface area contributed by atoms with Crippen LogP contribution in [-0.2, 0) is 55.7 Å². The van der Waals surface area contributed by atoms with Gasteiger partial charge < -0.3 is 0 Å². The van der Waals surface area contributed by atoms with E-state index in [9.17, 15) is 0 Å². The molecule has 0 N–H and O–H groups in total. The van der Waals surface area contributed by atoms with Crippen LogP contribution < -0.4 is 0 Å². The molecule has 0 aliphatic heterocycles. The second-order valence-electron chi connectivity index (χ2n) is 0. The zero-order chi connectivity index (χ0) is 0. The SMILES string of the molecule is C.C.C.C.C.C.C.C.C.C.C.C.C.C.C.C.[B].[V].[V].[V]. The largest absolute Gasteiger partial charge is 0.0776 e. The molecule has 4 heteroatoms. The number of hydrogen-bond acceptors (Lipinski definition) is 0. The molecule has 0 heterocycles. The topological polar surface area (TPSA) is 0 Å². The van der Waals surface area contributed by atoms with Crippen LogP contribution in [0.1, 0.15) is 119 Å². The number of rotatable bonds is 0. The molecule has 0 atom stereocenters. The van der Waals surface area contributed by atoms with Crippen LogP contribution in [0.5, 0.6) is 0 Å². The van der Waals surface area contributed by atoms with Crippen molar-refractivity contribution in [1.29, 1.82) is 0 Å². The minimum atomic E-state index is 0. The molecule has 0 amide bonds. The Morgan fingerprint density at radius 1 is 0.150 bits per heavy atom. The Labute approximate surface area is 182 Å². The van der Waals surface area contributed by atoms with E-state index in [0.29, 0.717) is 0 Å². The fourth-order valence-corrected chi connectivity index (χ4v) is 0. The molecule has 0 unspecified atom stereocenters. The maximum atomic E-state index is 0. The fourth-order valence-electron chi connectivity index (χ4n) is 0. The quantitative estimate of drug-likeness (QED) is 0.342. The van der Waals surface area contributed by atoms with Gasteiger partial charge in [-0.2, -0.15) is 0 Å². The second-order valence-corrected chi connectivity index (χ2v) is 0. The molecule has 6 radical (unpaired) electrons. The van der Waals surface area contributed by atoms with E-state index in [1.165, 1.54) is 0 Å². The molecule has 0 aromatic rings. The van der Waals surface area contributed by atoms with Gasteiger partial charge in [0, 0.05) is 64.1 Å². The van der Waals surface area contributed by atoms with Crippen molar-refractivity contribution in [3.05, 3.63) is 0 Å². The first-order valence-corrected chi connectivity index (χ1v) is 0. The van der Waals surface area contributed by atoms with Gasteiger partial charge in [-0.05, 0) is 0 Å². The van der Waals surface area contributed by atoms with Crippen LogP contribution in [-0.4, -0.2) is 8.41 Å². The van der Waals surface area contributed by atoms with E-state index in [4.69, 9.17) is 0 Å². The summed E-state index contributed by atoms with van der Waals surface area (Å²) >= 11 is 0. The summed E-state index contributed by atoms with van der Waals surface area (Å²) in [5.41, 5.74) is 0. The van der Waals surface area contributed by atoms with Crippen molar-refractivity contribution >= 4 is 8.41 Å². The van der Waals surface area contributed by atoms with Gasteiger partial charge in [-0.25, -0.2) is 0 Å². The predicted molar refractivity (Wildman–Crippen MR) is 113 cm³/mol. The third-order valence-electron chi connectivity index (χ3n) is 0. The van der Waals surface area contributed by atoms with Crippen molar-refractivity contribution in [2.24, 2.45) is 0 Å². The first-order chi connectivity index (χ1) is 0. The Kier molecular flexibility index (Phi) is 354000. The van der Waals surface area contributed by atoms with Crippen molar-refractivity contribution < 1.29 is 55.7 Å². The average molecular weight is 420 g/mol. The predicted octanol–water partition coefficient (Wildman–Crippen LogP) is 9.79. The maximum Gasteiger partial charge on any atom is 0 e. The summed E-state index contributed by atoms with van der Waals surface area (Å²) in [6.07, 6.45) is 0. The summed E-state index contributed by atoms with van der Waals surface area (Å²) in [5, 5.41) is 0. The Morgan fingerprint density at radius 3 is 0.150 bits per heavy atom. The van der Waals surface area contributed by atoms with Gasteiger partial charge >= 0.3 is 0 Å². The fraction of sp³-hybridized carbons (Fsp3) is 1.00. The summed E-state index contributed by atoms with van der Waals surface area (Å²) < 4.78 is 0. The molecule has 0 saturated carbocycles. The van der Waals surface area contributed by atoms with E-state index in [-0.39, 0.29) is 183 Å². The van der Waals surface area contributed by atoms with Gasteiger partial charge in [-0.1, -0.05) is 119 Å². The summed E-state index contributed by atoms with van der Waals surface area (Å²) in [4.78, 5) is 0. The average Bonchev–Trinajstić information content (AvgIpc) is 0. The molecule has 0 aromatic heterocycles. The van der Waals surface area contributed by atoms with Gasteiger partial charge in [-0.3, -0.25) is 0 Å². The summed E-state index contributed by atoms with van der Waals surface area (Å²) in [5.74, 6) is 0. The third kappa shape index (κ3) is 2120. The van der Waals surface area contributed by atoms with E-state index in [1.54, 1.807) is 0 Å². The normalized spacial score (nSPS) is 0. The Morgan fingerprint density at radius 2 is 0.150 bits per heavy atom. The van der Waals surface area contributed by atoms with E-state index in [2.05, 4.69) is 0 Å². The van der Waals surface area contributed by atoms with Crippen LogP contribution in [0.3, 0.4) is 0 Å². The maximum absolute atomic E-state index is 0. The third-order valence-corrected chi connectivity index (χ3v) is 0. The van der Waals surface area contributed by atoms with Crippen LogP contribution in [0.25, 0.3) is 0 Å². The van der Waals surface area contributed by atoms with E-state index in [0.717, 1.165) is 0 Å². The first kappa shape index (κ1) is 2860. The second kappa shape index (κ2) is 2470. The molecule has 0 aliphatic carbocycles. The molecule has 20 heavy (non-hydrogen) atoms. The standard InChI is InChI=1S/16CH4.B.3V/h16*1H4;;;;. The summed E-state index contributed by atoms with van der Waals surface area (Å²) in [7, 11) is 0. The minimum Gasteiger partial charge on any atom is -0.0776 e. The first-order valence-electron chi connectivity index (χ1n) is 0. The minimum absolute atomic E-state index is 0. The molecule has 0 aromatic carbocycles. The van der Waals surface area contributed by atoms with Crippen molar-refractivity contribution in [3.63, 3.8) is 0 Å². The van der Waals surface area contributed by atoms with Gasteiger partial charge in [0.2, 0.25) is 0 Å². The molecule has 0 bridgehead atoms. The molecule has 0 saturated heterocycles. The van der Waals surface area contributed by atoms with E-state index >= 15 is 0 Å². The van der Waals surface area contributed by atoms with Gasteiger partial charge in [0.05, 0.1) is 0 Å². The van der Waals surface area contributed by atoms with Crippen LogP contribution in [0.15, 0.2) is 0 Å². The summed E-state index contributed by atoms with van der Waals surface area (Å²) in [6, 6.07) is 0. The molecular formula is C16H64BV3. The molecule has 0 nitrogen and oxygen atoms in total. The molecule has 0 aliphatic rings. The van der Waals surface area contributed by atoms with Crippen LogP contribution in [0.4, 0.5) is 0 Å². The Hall–Kier alpha value is 1.82. The zero-order valence-electron chi connectivity index (χ0n) is 1.92. The van der Waals surface area contributed by atoms with Crippen molar-refractivity contribution in [3.8, 4) is 0 Å². The van der Waals surface area contributed by atoms with Gasteiger partial charge in [0.25, 0.3) is 0 Å². The molecular weight excluding hydrogens is 356 g/mol. The zero-order valence-corrected chi connectivity index (χ0v) is 6.11. The van der Waals surface area contributed by atoms with Crippen LogP contribution >= 0.6 is 0 Å². The molecule has 0 fully saturated rings. The molecule has 0 rings (SSSR count). The van der Waals surface area contributed by atoms with Gasteiger partial charge in [0.15, 0.2) is 0 Å². The van der Waals surface area contributed by atoms with E-state index in [1.807, 2.05) is 0 Å². The van der Waals surface area contributed by atoms with Crippen LogP contribution in [0, 0.1) is 0 Å². The molecule has 146 valence electrons. The van der Waals surface area contributed by atoms with Gasteiger partial charge in [0.1, 0.15) is 0 Å². The van der Waals surface area contributed by atoms with E-state index < -0.39 is 0 Å². The Bertz CT molecular complexity index is 17.7. The summed E-state index contributed by atoms with van der Waals surface area (Å²) in [6.45, 7) is 0. The van der Waals surface area contributed by atoms with Crippen molar-refractivity contribution in [1.82, 2.24) is 0 Å². The van der Waals surface area contributed by atoms with Gasteiger partial charge in [-0.15, -0.1) is 0 Å². The van der Waals surface area contributed by atoms with Crippen LogP contribution in [0.2, 0.25) is 0 Å². The van der Waals surface area contributed by atoms with Crippen molar-refractivity contribution in [2.45, 2.75) is 119 Å².